The molecule has 1 aromatic heterocycles. The fourth-order valence-electron chi connectivity index (χ4n) is 5.64. The van der Waals surface area contributed by atoms with Crippen LogP contribution in [-0.4, -0.2) is 55.2 Å². The quantitative estimate of drug-likeness (QED) is 0.700. The number of rotatable bonds is 5. The van der Waals surface area contributed by atoms with Gasteiger partial charge in [-0.05, 0) is 68.5 Å². The minimum absolute atomic E-state index is 0.141. The second-order valence-electron chi connectivity index (χ2n) is 9.28. The minimum Gasteiger partial charge on any atom is -0.369 e. The molecule has 0 radical (unpaired) electrons. The first-order valence-electron chi connectivity index (χ1n) is 11.9. The lowest BCUT2D eigenvalue weighted by molar-refractivity contribution is 0.176. The Bertz CT molecular complexity index is 992. The predicted octanol–water partition coefficient (Wildman–Crippen LogP) is 4.49. The summed E-state index contributed by atoms with van der Waals surface area (Å²) in [5.74, 6) is 1.47. The van der Waals surface area contributed by atoms with Crippen molar-refractivity contribution in [3.63, 3.8) is 0 Å². The number of pyridine rings is 1. The van der Waals surface area contributed by atoms with Crippen molar-refractivity contribution in [1.29, 1.82) is 0 Å². The smallest absolute Gasteiger partial charge is 0.324 e. The van der Waals surface area contributed by atoms with Crippen LogP contribution in [0.1, 0.15) is 43.7 Å². The molecule has 2 aromatic rings. The SMILES string of the molecule is CCC1(c2cccc(N3CCCN(CC4CCNCC4)C3=O)c2)CNc2nccc(Cl)c21. The van der Waals surface area contributed by atoms with E-state index in [-0.39, 0.29) is 11.4 Å². The van der Waals surface area contributed by atoms with E-state index in [1.54, 1.807) is 6.20 Å². The molecule has 7 heteroatoms. The van der Waals surface area contributed by atoms with Gasteiger partial charge in [-0.3, -0.25) is 4.90 Å². The van der Waals surface area contributed by atoms with E-state index in [1.807, 2.05) is 11.0 Å². The number of carbonyl (C=O) groups is 1. The molecular formula is C25H32ClN5O. The van der Waals surface area contributed by atoms with E-state index in [9.17, 15) is 4.79 Å². The van der Waals surface area contributed by atoms with Crippen molar-refractivity contribution >= 4 is 29.1 Å². The van der Waals surface area contributed by atoms with Gasteiger partial charge in [0.1, 0.15) is 5.82 Å². The number of nitrogens with zero attached hydrogens (tertiary/aromatic N) is 3. The van der Waals surface area contributed by atoms with Crippen molar-refractivity contribution in [3.05, 3.63) is 52.7 Å². The van der Waals surface area contributed by atoms with Gasteiger partial charge in [-0.2, -0.15) is 0 Å². The molecule has 3 aliphatic heterocycles. The highest BCUT2D eigenvalue weighted by atomic mass is 35.5. The van der Waals surface area contributed by atoms with Crippen LogP contribution in [0, 0.1) is 5.92 Å². The number of urea groups is 1. The van der Waals surface area contributed by atoms with Gasteiger partial charge in [-0.1, -0.05) is 30.7 Å². The Morgan fingerprint density at radius 2 is 2.06 bits per heavy atom. The van der Waals surface area contributed by atoms with Gasteiger partial charge < -0.3 is 15.5 Å². The fourth-order valence-corrected chi connectivity index (χ4v) is 5.97. The van der Waals surface area contributed by atoms with E-state index in [2.05, 4.69) is 51.7 Å². The summed E-state index contributed by atoms with van der Waals surface area (Å²) < 4.78 is 0. The zero-order valence-corrected chi connectivity index (χ0v) is 19.5. The summed E-state index contributed by atoms with van der Waals surface area (Å²) in [6, 6.07) is 10.5. The van der Waals surface area contributed by atoms with Crippen LogP contribution in [0.2, 0.25) is 5.02 Å². The largest absolute Gasteiger partial charge is 0.369 e. The van der Waals surface area contributed by atoms with Crippen LogP contribution >= 0.6 is 11.6 Å². The number of anilines is 2. The predicted molar refractivity (Wildman–Crippen MR) is 130 cm³/mol. The third-order valence-corrected chi connectivity index (χ3v) is 7.81. The van der Waals surface area contributed by atoms with Gasteiger partial charge >= 0.3 is 6.03 Å². The number of benzene rings is 1. The summed E-state index contributed by atoms with van der Waals surface area (Å²) in [5, 5.41) is 7.61. The summed E-state index contributed by atoms with van der Waals surface area (Å²) in [6.45, 7) is 7.56. The maximum Gasteiger partial charge on any atom is 0.324 e. The van der Waals surface area contributed by atoms with Gasteiger partial charge in [0.15, 0.2) is 0 Å². The number of amides is 2. The van der Waals surface area contributed by atoms with E-state index in [0.29, 0.717) is 5.92 Å². The minimum atomic E-state index is -0.246. The molecule has 2 N–H and O–H groups in total. The number of aromatic nitrogens is 1. The third kappa shape index (κ3) is 3.73. The lowest BCUT2D eigenvalue weighted by Gasteiger charge is -2.38. The molecule has 2 amide bonds. The number of hydrogen-bond acceptors (Lipinski definition) is 4. The number of fused-ring (bicyclic) bond motifs is 1. The van der Waals surface area contributed by atoms with Gasteiger partial charge in [0.2, 0.25) is 0 Å². The first kappa shape index (κ1) is 21.5. The van der Waals surface area contributed by atoms with Crippen molar-refractivity contribution in [2.24, 2.45) is 5.92 Å². The highest BCUT2D eigenvalue weighted by Crippen LogP contribution is 2.47. The van der Waals surface area contributed by atoms with Crippen LogP contribution in [0.15, 0.2) is 36.5 Å². The van der Waals surface area contributed by atoms with E-state index >= 15 is 0 Å². The molecule has 4 heterocycles. The van der Waals surface area contributed by atoms with Crippen LogP contribution in [0.4, 0.5) is 16.3 Å². The standard InChI is InChI=1S/C25H32ClN5O/c1-2-25(17-29-23-22(25)21(26)9-12-28-23)19-5-3-6-20(15-19)31-14-4-13-30(24(31)32)16-18-7-10-27-11-8-18/h3,5-6,9,12,15,18,27H,2,4,7-8,10-11,13-14,16-17H2,1H3,(H,28,29). The van der Waals surface area contributed by atoms with Crippen LogP contribution in [0.3, 0.4) is 0 Å². The Morgan fingerprint density at radius 3 is 2.88 bits per heavy atom. The maximum absolute atomic E-state index is 13.4. The number of halogens is 1. The molecule has 3 aliphatic rings. The van der Waals surface area contributed by atoms with Gasteiger partial charge in [0.25, 0.3) is 0 Å². The van der Waals surface area contributed by atoms with Gasteiger partial charge in [0, 0.05) is 54.1 Å². The van der Waals surface area contributed by atoms with E-state index in [1.165, 1.54) is 5.56 Å². The van der Waals surface area contributed by atoms with Crippen molar-refractivity contribution in [2.45, 2.75) is 38.0 Å². The molecule has 0 aliphatic carbocycles. The van der Waals surface area contributed by atoms with E-state index in [4.69, 9.17) is 11.6 Å². The molecule has 0 bridgehead atoms. The first-order chi connectivity index (χ1) is 15.6. The second-order valence-corrected chi connectivity index (χ2v) is 9.69. The molecule has 1 aromatic carbocycles. The summed E-state index contributed by atoms with van der Waals surface area (Å²) in [4.78, 5) is 22.0. The summed E-state index contributed by atoms with van der Waals surface area (Å²) in [5.41, 5.74) is 2.98. The molecule has 2 saturated heterocycles. The van der Waals surface area contributed by atoms with Crippen molar-refractivity contribution < 1.29 is 4.79 Å². The molecule has 5 rings (SSSR count). The summed E-state index contributed by atoms with van der Waals surface area (Å²) >= 11 is 6.65. The molecule has 0 spiro atoms. The maximum atomic E-state index is 13.4. The normalized spacial score (nSPS) is 23.9. The van der Waals surface area contributed by atoms with Crippen LogP contribution in [0.25, 0.3) is 0 Å². The molecule has 6 nitrogen and oxygen atoms in total. The highest BCUT2D eigenvalue weighted by molar-refractivity contribution is 6.32. The van der Waals surface area contributed by atoms with Crippen molar-refractivity contribution in [2.75, 3.05) is 49.5 Å². The molecule has 170 valence electrons. The Balaban J connectivity index is 1.42. The molecule has 32 heavy (non-hydrogen) atoms. The number of nitrogens with one attached hydrogen (secondary N) is 2. The molecule has 1 unspecified atom stereocenters. The number of hydrogen-bond donors (Lipinski definition) is 2. The second kappa shape index (κ2) is 8.91. The highest BCUT2D eigenvalue weighted by Gasteiger charge is 2.42. The van der Waals surface area contributed by atoms with Crippen LogP contribution in [0.5, 0.6) is 0 Å². The zero-order valence-electron chi connectivity index (χ0n) is 18.7. The third-order valence-electron chi connectivity index (χ3n) is 7.50. The van der Waals surface area contributed by atoms with E-state index in [0.717, 1.165) is 87.0 Å². The monoisotopic (exact) mass is 453 g/mol. The van der Waals surface area contributed by atoms with Crippen molar-refractivity contribution in [3.8, 4) is 0 Å². The number of piperidine rings is 1. The van der Waals surface area contributed by atoms with Gasteiger partial charge in [0.05, 0.1) is 0 Å². The molecule has 2 fully saturated rings. The lowest BCUT2D eigenvalue weighted by Crippen LogP contribution is -2.51. The average Bonchev–Trinajstić information content (AvgIpc) is 3.23. The van der Waals surface area contributed by atoms with Gasteiger partial charge in [-0.25, -0.2) is 9.78 Å². The van der Waals surface area contributed by atoms with Crippen LogP contribution < -0.4 is 15.5 Å². The van der Waals surface area contributed by atoms with E-state index < -0.39 is 0 Å². The zero-order chi connectivity index (χ0) is 22.1. The number of carbonyl (C=O) groups excluding carboxylic acids is 1. The Labute approximate surface area is 195 Å². The Kier molecular flexibility index (Phi) is 5.99. The molecule has 0 saturated carbocycles. The average molecular weight is 454 g/mol. The fraction of sp³-hybridized carbons (Fsp3) is 0.520. The lowest BCUT2D eigenvalue weighted by atomic mass is 9.74. The van der Waals surface area contributed by atoms with Crippen LogP contribution in [-0.2, 0) is 5.41 Å². The van der Waals surface area contributed by atoms with Crippen molar-refractivity contribution in [1.82, 2.24) is 15.2 Å². The summed E-state index contributed by atoms with van der Waals surface area (Å²) in [7, 11) is 0. The van der Waals surface area contributed by atoms with Gasteiger partial charge in [-0.15, -0.1) is 0 Å². The topological polar surface area (TPSA) is 60.5 Å². The Hall–Kier alpha value is -2.31. The molecular weight excluding hydrogens is 422 g/mol. The Morgan fingerprint density at radius 1 is 1.22 bits per heavy atom. The first-order valence-corrected chi connectivity index (χ1v) is 12.3. The summed E-state index contributed by atoms with van der Waals surface area (Å²) in [6.07, 6.45) is 5.95. The molecule has 1 atom stereocenters.